The van der Waals surface area contributed by atoms with E-state index in [2.05, 4.69) is 0 Å². The lowest BCUT2D eigenvalue weighted by Crippen LogP contribution is -2.52. The van der Waals surface area contributed by atoms with Crippen LogP contribution in [0.1, 0.15) is 13.3 Å². The van der Waals surface area contributed by atoms with Crippen molar-refractivity contribution in [2.75, 3.05) is 24.6 Å². The Morgan fingerprint density at radius 1 is 1.30 bits per heavy atom. The normalized spacial score (nSPS) is 24.2. The van der Waals surface area contributed by atoms with Gasteiger partial charge in [-0.3, -0.25) is 0 Å². The first-order chi connectivity index (χ1) is 10.5. The Balaban J connectivity index is 2.49. The van der Waals surface area contributed by atoms with Gasteiger partial charge in [-0.1, -0.05) is 23.2 Å². The molecule has 0 spiro atoms. The molecule has 2 rings (SSSR count). The van der Waals surface area contributed by atoms with E-state index in [4.69, 9.17) is 28.9 Å². The quantitative estimate of drug-likeness (QED) is 0.807. The van der Waals surface area contributed by atoms with E-state index >= 15 is 0 Å². The van der Waals surface area contributed by atoms with Crippen molar-refractivity contribution >= 4 is 43.1 Å². The summed E-state index contributed by atoms with van der Waals surface area (Å²) in [5.74, 6) is -0.262. The molecule has 1 fully saturated rings. The Labute approximate surface area is 146 Å². The van der Waals surface area contributed by atoms with Gasteiger partial charge in [-0.05, 0) is 31.5 Å². The molecule has 1 aliphatic heterocycles. The number of hydrogen-bond donors (Lipinski definition) is 1. The molecule has 1 aliphatic rings. The maximum Gasteiger partial charge on any atom is 0.243 e. The summed E-state index contributed by atoms with van der Waals surface area (Å²) in [6, 6.07) is 4.00. The lowest BCUT2D eigenvalue weighted by Gasteiger charge is -2.36. The third-order valence-corrected chi connectivity index (χ3v) is 8.58. The molecule has 1 aromatic rings. The van der Waals surface area contributed by atoms with Crippen LogP contribution in [-0.4, -0.2) is 51.3 Å². The smallest absolute Gasteiger partial charge is 0.243 e. The first-order valence-corrected chi connectivity index (χ1v) is 10.9. The van der Waals surface area contributed by atoms with Gasteiger partial charge in [-0.2, -0.15) is 4.31 Å². The number of benzene rings is 1. The summed E-state index contributed by atoms with van der Waals surface area (Å²) in [5, 5.41) is 0.357. The first kappa shape index (κ1) is 19.0. The number of nitrogens with zero attached hydrogens (tertiary/aromatic N) is 1. The third kappa shape index (κ3) is 3.83. The molecule has 0 aromatic heterocycles. The molecule has 23 heavy (non-hydrogen) atoms. The lowest BCUT2D eigenvalue weighted by molar-refractivity contribution is 0.238. The van der Waals surface area contributed by atoms with Crippen molar-refractivity contribution in [1.29, 1.82) is 0 Å². The monoisotopic (exact) mass is 400 g/mol. The van der Waals surface area contributed by atoms with Crippen molar-refractivity contribution in [2.24, 2.45) is 5.73 Å². The van der Waals surface area contributed by atoms with E-state index in [1.54, 1.807) is 6.92 Å². The largest absolute Gasteiger partial charge is 0.329 e. The molecule has 1 atom stereocenters. The minimum atomic E-state index is -3.95. The van der Waals surface area contributed by atoms with Crippen LogP contribution in [0.3, 0.4) is 0 Å². The Kier molecular flexibility index (Phi) is 5.35. The van der Waals surface area contributed by atoms with E-state index in [0.717, 1.165) is 0 Å². The van der Waals surface area contributed by atoms with Gasteiger partial charge < -0.3 is 5.73 Å². The van der Waals surface area contributed by atoms with Crippen molar-refractivity contribution in [3.63, 3.8) is 0 Å². The first-order valence-electron chi connectivity index (χ1n) is 6.90. The van der Waals surface area contributed by atoms with E-state index in [-0.39, 0.29) is 46.0 Å². The van der Waals surface area contributed by atoms with Crippen LogP contribution in [0.5, 0.6) is 0 Å². The van der Waals surface area contributed by atoms with Crippen molar-refractivity contribution in [2.45, 2.75) is 23.8 Å². The van der Waals surface area contributed by atoms with Crippen molar-refractivity contribution in [1.82, 2.24) is 4.31 Å². The van der Waals surface area contributed by atoms with Gasteiger partial charge in [0, 0.05) is 18.6 Å². The van der Waals surface area contributed by atoms with E-state index in [1.807, 2.05) is 0 Å². The van der Waals surface area contributed by atoms with Crippen LogP contribution in [0, 0.1) is 0 Å². The molecule has 0 unspecified atom stereocenters. The van der Waals surface area contributed by atoms with Crippen LogP contribution in [0.2, 0.25) is 10.0 Å². The summed E-state index contributed by atoms with van der Waals surface area (Å²) in [7, 11) is -7.22. The van der Waals surface area contributed by atoms with Crippen LogP contribution >= 0.6 is 23.2 Å². The molecule has 6 nitrogen and oxygen atoms in total. The molecule has 0 aliphatic carbocycles. The highest BCUT2D eigenvalue weighted by Gasteiger charge is 2.47. The number of sulfone groups is 1. The number of halogens is 2. The van der Waals surface area contributed by atoms with Gasteiger partial charge in [0.15, 0.2) is 9.84 Å². The second-order valence-electron chi connectivity index (χ2n) is 5.78. The highest BCUT2D eigenvalue weighted by Crippen LogP contribution is 2.35. The standard InChI is InChI=1S/C13H18Cl2N2O4S2/c1-13(4-7-22(18,19)9-13)17(6-5-16)23(20,21)10-2-3-11(14)12(15)8-10/h2-3,8H,4-7,9,16H2,1H3/t13-/m1/s1. The van der Waals surface area contributed by atoms with Crippen molar-refractivity contribution < 1.29 is 16.8 Å². The lowest BCUT2D eigenvalue weighted by atomic mass is 10.0. The minimum absolute atomic E-state index is 0.0224. The van der Waals surface area contributed by atoms with Gasteiger partial charge in [0.2, 0.25) is 10.0 Å². The minimum Gasteiger partial charge on any atom is -0.329 e. The Morgan fingerprint density at radius 3 is 2.43 bits per heavy atom. The summed E-state index contributed by atoms with van der Waals surface area (Å²) in [4.78, 5) is -0.0362. The van der Waals surface area contributed by atoms with Gasteiger partial charge in [0.05, 0.1) is 26.4 Å². The van der Waals surface area contributed by atoms with Crippen LogP contribution in [0.25, 0.3) is 0 Å². The molecule has 1 heterocycles. The fraction of sp³-hybridized carbons (Fsp3) is 0.538. The fourth-order valence-electron chi connectivity index (χ4n) is 2.75. The summed E-state index contributed by atoms with van der Waals surface area (Å²) in [6.07, 6.45) is 0.232. The van der Waals surface area contributed by atoms with Crippen molar-refractivity contribution in [3.05, 3.63) is 28.2 Å². The Bertz CT molecular complexity index is 811. The van der Waals surface area contributed by atoms with Crippen molar-refractivity contribution in [3.8, 4) is 0 Å². The summed E-state index contributed by atoms with van der Waals surface area (Å²) < 4.78 is 50.7. The van der Waals surface area contributed by atoms with Gasteiger partial charge >= 0.3 is 0 Å². The average molecular weight is 401 g/mol. The second-order valence-corrected chi connectivity index (χ2v) is 10.6. The highest BCUT2D eigenvalue weighted by atomic mass is 35.5. The van der Waals surface area contributed by atoms with Gasteiger partial charge in [-0.15, -0.1) is 0 Å². The predicted octanol–water partition coefficient (Wildman–Crippen LogP) is 1.52. The topological polar surface area (TPSA) is 97.5 Å². The molecular formula is C13H18Cl2N2O4S2. The Morgan fingerprint density at radius 2 is 1.96 bits per heavy atom. The van der Waals surface area contributed by atoms with Gasteiger partial charge in [0.25, 0.3) is 0 Å². The zero-order valence-corrected chi connectivity index (χ0v) is 15.6. The number of rotatable bonds is 5. The molecule has 1 saturated heterocycles. The van der Waals surface area contributed by atoms with Crippen LogP contribution < -0.4 is 5.73 Å². The van der Waals surface area contributed by atoms with E-state index in [0.29, 0.717) is 0 Å². The molecule has 2 N–H and O–H groups in total. The fourth-order valence-corrected chi connectivity index (χ4v) is 7.18. The maximum absolute atomic E-state index is 13.0. The summed E-state index contributed by atoms with van der Waals surface area (Å²) in [5.41, 5.74) is 4.52. The van der Waals surface area contributed by atoms with Crippen LogP contribution in [-0.2, 0) is 19.9 Å². The van der Waals surface area contributed by atoms with Gasteiger partial charge in [0.1, 0.15) is 0 Å². The zero-order chi connectivity index (χ0) is 17.5. The molecule has 0 radical (unpaired) electrons. The van der Waals surface area contributed by atoms with E-state index < -0.39 is 25.4 Å². The summed E-state index contributed by atoms with van der Waals surface area (Å²) >= 11 is 11.7. The van der Waals surface area contributed by atoms with E-state index in [1.165, 1.54) is 22.5 Å². The molecule has 0 saturated carbocycles. The number of hydrogen-bond acceptors (Lipinski definition) is 5. The molecule has 0 amide bonds. The highest BCUT2D eigenvalue weighted by molar-refractivity contribution is 7.92. The van der Waals surface area contributed by atoms with Crippen LogP contribution in [0.4, 0.5) is 0 Å². The Hall–Kier alpha value is -0.380. The average Bonchev–Trinajstić information content (AvgIpc) is 2.73. The van der Waals surface area contributed by atoms with Crippen LogP contribution in [0.15, 0.2) is 23.1 Å². The molecule has 10 heteroatoms. The van der Waals surface area contributed by atoms with E-state index in [9.17, 15) is 16.8 Å². The third-order valence-electron chi connectivity index (χ3n) is 3.90. The second kappa shape index (κ2) is 6.50. The predicted molar refractivity (Wildman–Crippen MR) is 91.1 cm³/mol. The molecule has 130 valence electrons. The zero-order valence-electron chi connectivity index (χ0n) is 12.5. The number of nitrogens with two attached hydrogens (primary N) is 1. The molecular weight excluding hydrogens is 383 g/mol. The summed E-state index contributed by atoms with van der Waals surface area (Å²) in [6.45, 7) is 1.73. The number of sulfonamides is 1. The van der Waals surface area contributed by atoms with Gasteiger partial charge in [-0.25, -0.2) is 16.8 Å². The molecule has 0 bridgehead atoms. The molecule has 1 aromatic carbocycles. The SMILES string of the molecule is C[C@@]1(N(CCN)S(=O)(=O)c2ccc(Cl)c(Cl)c2)CCS(=O)(=O)C1. The maximum atomic E-state index is 13.0.